The molecule has 0 saturated carbocycles. The van der Waals surface area contributed by atoms with E-state index in [0.29, 0.717) is 17.6 Å². The molecule has 0 atom stereocenters. The van der Waals surface area contributed by atoms with E-state index in [9.17, 15) is 0 Å². The van der Waals surface area contributed by atoms with Crippen LogP contribution in [-0.4, -0.2) is 33.8 Å². The van der Waals surface area contributed by atoms with Gasteiger partial charge < -0.3 is 15.4 Å². The fourth-order valence-electron chi connectivity index (χ4n) is 2.68. The SMILES string of the molecule is COc1cc(CNCC(C)C)ccc1-c1cc(Nc2cnc(C#N)cn2)n[nH]1.Cl. The molecule has 0 fully saturated rings. The maximum Gasteiger partial charge on any atom is 0.158 e. The summed E-state index contributed by atoms with van der Waals surface area (Å²) >= 11 is 0. The number of H-pyrrole nitrogens is 1. The van der Waals surface area contributed by atoms with Crippen molar-refractivity contribution in [3.8, 4) is 23.1 Å². The molecule has 0 saturated heterocycles. The Bertz CT molecular complexity index is 964. The molecule has 29 heavy (non-hydrogen) atoms. The van der Waals surface area contributed by atoms with Crippen molar-refractivity contribution in [1.29, 1.82) is 5.26 Å². The van der Waals surface area contributed by atoms with Crippen LogP contribution < -0.4 is 15.4 Å². The Morgan fingerprint density at radius 3 is 2.66 bits per heavy atom. The molecule has 0 spiro atoms. The van der Waals surface area contributed by atoms with Gasteiger partial charge in [-0.3, -0.25) is 5.10 Å². The van der Waals surface area contributed by atoms with E-state index in [1.165, 1.54) is 12.4 Å². The lowest BCUT2D eigenvalue weighted by Crippen LogP contribution is -2.18. The summed E-state index contributed by atoms with van der Waals surface area (Å²) in [6.45, 7) is 6.13. The minimum absolute atomic E-state index is 0. The Morgan fingerprint density at radius 2 is 2.00 bits per heavy atom. The molecule has 3 rings (SSSR count). The van der Waals surface area contributed by atoms with E-state index >= 15 is 0 Å². The van der Waals surface area contributed by atoms with Crippen molar-refractivity contribution in [3.63, 3.8) is 0 Å². The number of benzene rings is 1. The molecule has 8 nitrogen and oxygen atoms in total. The van der Waals surface area contributed by atoms with Crippen LogP contribution in [0.2, 0.25) is 0 Å². The number of methoxy groups -OCH3 is 1. The van der Waals surface area contributed by atoms with E-state index in [-0.39, 0.29) is 18.1 Å². The fraction of sp³-hybridized carbons (Fsp3) is 0.300. The number of nitrogens with one attached hydrogen (secondary N) is 3. The number of nitriles is 1. The molecule has 0 unspecified atom stereocenters. The Morgan fingerprint density at radius 1 is 1.17 bits per heavy atom. The Hall–Kier alpha value is -3.15. The number of hydrogen-bond acceptors (Lipinski definition) is 7. The highest BCUT2D eigenvalue weighted by atomic mass is 35.5. The molecule has 152 valence electrons. The lowest BCUT2D eigenvalue weighted by molar-refractivity contribution is 0.415. The summed E-state index contributed by atoms with van der Waals surface area (Å²) in [5.74, 6) is 2.49. The minimum Gasteiger partial charge on any atom is -0.496 e. The number of hydrogen-bond donors (Lipinski definition) is 3. The number of halogens is 1. The van der Waals surface area contributed by atoms with Gasteiger partial charge in [-0.05, 0) is 30.2 Å². The number of ether oxygens (including phenoxy) is 1. The molecule has 3 N–H and O–H groups in total. The van der Waals surface area contributed by atoms with Crippen LogP contribution in [0.25, 0.3) is 11.3 Å². The highest BCUT2D eigenvalue weighted by Gasteiger charge is 2.11. The van der Waals surface area contributed by atoms with Gasteiger partial charge >= 0.3 is 0 Å². The Labute approximate surface area is 176 Å². The lowest BCUT2D eigenvalue weighted by atomic mass is 10.1. The molecular formula is C20H24ClN7O. The molecule has 9 heteroatoms. The third-order valence-electron chi connectivity index (χ3n) is 4.04. The van der Waals surface area contributed by atoms with Gasteiger partial charge in [0.05, 0.1) is 25.2 Å². The third-order valence-corrected chi connectivity index (χ3v) is 4.04. The minimum atomic E-state index is 0. The molecule has 0 aliphatic rings. The molecule has 0 radical (unpaired) electrons. The van der Waals surface area contributed by atoms with Crippen molar-refractivity contribution >= 4 is 24.0 Å². The van der Waals surface area contributed by atoms with Gasteiger partial charge in [-0.15, -0.1) is 12.4 Å². The van der Waals surface area contributed by atoms with Crippen LogP contribution in [0, 0.1) is 17.2 Å². The second-order valence-corrected chi connectivity index (χ2v) is 6.75. The largest absolute Gasteiger partial charge is 0.496 e. The number of aromatic nitrogens is 4. The maximum absolute atomic E-state index is 8.78. The molecule has 2 heterocycles. The number of anilines is 2. The molecule has 0 aliphatic carbocycles. The molecule has 0 bridgehead atoms. The van der Waals surface area contributed by atoms with Gasteiger partial charge in [-0.25, -0.2) is 9.97 Å². The van der Waals surface area contributed by atoms with Gasteiger partial charge in [-0.2, -0.15) is 10.4 Å². The summed E-state index contributed by atoms with van der Waals surface area (Å²) in [7, 11) is 1.66. The molecular weight excluding hydrogens is 390 g/mol. The smallest absolute Gasteiger partial charge is 0.158 e. The fourth-order valence-corrected chi connectivity index (χ4v) is 2.68. The zero-order chi connectivity index (χ0) is 19.9. The van der Waals surface area contributed by atoms with E-state index < -0.39 is 0 Å². The van der Waals surface area contributed by atoms with Crippen LogP contribution in [0.5, 0.6) is 5.75 Å². The monoisotopic (exact) mass is 413 g/mol. The van der Waals surface area contributed by atoms with E-state index in [1.54, 1.807) is 7.11 Å². The average Bonchev–Trinajstić information content (AvgIpc) is 3.16. The highest BCUT2D eigenvalue weighted by Crippen LogP contribution is 2.31. The summed E-state index contributed by atoms with van der Waals surface area (Å²) in [5, 5.41) is 22.5. The second kappa shape index (κ2) is 10.4. The van der Waals surface area contributed by atoms with E-state index in [2.05, 4.69) is 50.7 Å². The summed E-state index contributed by atoms with van der Waals surface area (Å²) in [5.41, 5.74) is 3.16. The van der Waals surface area contributed by atoms with Crippen LogP contribution in [0.4, 0.5) is 11.6 Å². The zero-order valence-corrected chi connectivity index (χ0v) is 17.4. The summed E-state index contributed by atoms with van der Waals surface area (Å²) in [4.78, 5) is 8.11. The molecule has 3 aromatic rings. The van der Waals surface area contributed by atoms with E-state index in [1.807, 2.05) is 24.3 Å². The first kappa shape index (κ1) is 22.1. The first-order chi connectivity index (χ1) is 13.6. The van der Waals surface area contributed by atoms with Gasteiger partial charge in [0.25, 0.3) is 0 Å². The van der Waals surface area contributed by atoms with Gasteiger partial charge in [0, 0.05) is 18.2 Å². The molecule has 0 aliphatic heterocycles. The van der Waals surface area contributed by atoms with Gasteiger partial charge in [-0.1, -0.05) is 19.9 Å². The normalized spacial score (nSPS) is 10.3. The molecule has 0 amide bonds. The maximum atomic E-state index is 8.78. The van der Waals surface area contributed by atoms with Crippen LogP contribution in [0.3, 0.4) is 0 Å². The number of nitrogens with zero attached hydrogens (tertiary/aromatic N) is 4. The second-order valence-electron chi connectivity index (χ2n) is 6.75. The third kappa shape index (κ3) is 5.91. The van der Waals surface area contributed by atoms with Crippen LogP contribution in [0.1, 0.15) is 25.1 Å². The van der Waals surface area contributed by atoms with Crippen molar-refractivity contribution in [2.45, 2.75) is 20.4 Å². The number of rotatable bonds is 8. The van der Waals surface area contributed by atoms with Crippen LogP contribution in [0.15, 0.2) is 36.7 Å². The highest BCUT2D eigenvalue weighted by molar-refractivity contribution is 5.85. The van der Waals surface area contributed by atoms with Gasteiger partial charge in [0.15, 0.2) is 11.5 Å². The van der Waals surface area contributed by atoms with Crippen molar-refractivity contribution < 1.29 is 4.74 Å². The molecule has 2 aromatic heterocycles. The topological polar surface area (TPSA) is 112 Å². The van der Waals surface area contributed by atoms with E-state index in [0.717, 1.165) is 35.7 Å². The lowest BCUT2D eigenvalue weighted by Gasteiger charge is -2.11. The predicted octanol–water partition coefficient (Wildman–Crippen LogP) is 3.66. The Kier molecular flexibility index (Phi) is 7.95. The van der Waals surface area contributed by atoms with Crippen molar-refractivity contribution in [2.75, 3.05) is 19.0 Å². The first-order valence-electron chi connectivity index (χ1n) is 9.01. The zero-order valence-electron chi connectivity index (χ0n) is 16.6. The van der Waals surface area contributed by atoms with E-state index in [4.69, 9.17) is 10.00 Å². The van der Waals surface area contributed by atoms with Crippen LogP contribution in [-0.2, 0) is 6.54 Å². The van der Waals surface area contributed by atoms with Crippen LogP contribution >= 0.6 is 12.4 Å². The Balaban J connectivity index is 0.00000300. The van der Waals surface area contributed by atoms with Crippen molar-refractivity contribution in [2.24, 2.45) is 5.92 Å². The number of aromatic amines is 1. The summed E-state index contributed by atoms with van der Waals surface area (Å²) in [6, 6.07) is 9.93. The summed E-state index contributed by atoms with van der Waals surface area (Å²) < 4.78 is 5.57. The predicted molar refractivity (Wildman–Crippen MR) is 114 cm³/mol. The average molecular weight is 414 g/mol. The summed E-state index contributed by atoms with van der Waals surface area (Å²) in [6.07, 6.45) is 2.90. The van der Waals surface area contributed by atoms with Gasteiger partial charge in [0.1, 0.15) is 17.6 Å². The van der Waals surface area contributed by atoms with Gasteiger partial charge in [0.2, 0.25) is 0 Å². The standard InChI is InChI=1S/C20H23N7O.ClH/c1-13(2)9-22-10-14-4-5-16(18(6-14)28-3)17-7-19(27-26-17)25-20-12-23-15(8-21)11-24-20;/h4-7,11-13,22H,9-10H2,1-3H3,(H2,24,25,26,27);1H. The van der Waals surface area contributed by atoms with Crippen molar-refractivity contribution in [3.05, 3.63) is 47.9 Å². The molecule has 1 aromatic carbocycles. The van der Waals surface area contributed by atoms with Crippen molar-refractivity contribution in [1.82, 2.24) is 25.5 Å². The first-order valence-corrected chi connectivity index (χ1v) is 9.01. The quantitative estimate of drug-likeness (QED) is 0.516.